The van der Waals surface area contributed by atoms with Gasteiger partial charge in [-0.3, -0.25) is 9.97 Å². The lowest BCUT2D eigenvalue weighted by Gasteiger charge is -2.13. The van der Waals surface area contributed by atoms with Crippen molar-refractivity contribution >= 4 is 65.3 Å². The second-order valence-electron chi connectivity index (χ2n) is 13.7. The van der Waals surface area contributed by atoms with Crippen molar-refractivity contribution in [1.82, 2.24) is 24.9 Å². The van der Waals surface area contributed by atoms with E-state index >= 15 is 0 Å². The van der Waals surface area contributed by atoms with Gasteiger partial charge in [-0.15, -0.1) is 0 Å². The van der Waals surface area contributed by atoms with Crippen LogP contribution in [0.25, 0.3) is 110 Å². The fraction of sp³-hybridized carbons (Fsp3) is 0. The Hall–Kier alpha value is -7.37. The van der Waals surface area contributed by atoms with Crippen LogP contribution in [0.3, 0.4) is 0 Å². The average molecular weight is 688 g/mol. The Kier molecular flexibility index (Phi) is 6.79. The van der Waals surface area contributed by atoms with Crippen molar-refractivity contribution < 1.29 is 0 Å². The van der Waals surface area contributed by atoms with E-state index in [0.29, 0.717) is 0 Å². The van der Waals surface area contributed by atoms with Crippen LogP contribution in [0.4, 0.5) is 0 Å². The first-order chi connectivity index (χ1) is 26.7. The molecule has 6 aromatic carbocycles. The van der Waals surface area contributed by atoms with Gasteiger partial charge in [0.25, 0.3) is 0 Å². The smallest absolute Gasteiger partial charge is 0.0972 e. The maximum Gasteiger partial charge on any atom is 0.0972 e. The standard InChI is InChI=1S/C49H29N5/c1-4-10-42-34(6-1)28-37(29-51-42)45-22-16-35-26-32(14-20-43(35)52-45)33-15-21-44-36(27-33)17-24-46(53-44)40-18-19-41(39-9-3-2-8-38(39)40)47-23-13-31-12-11-30-7-5-25-50-48(30)49(31)54-47/h1-29H. The Bertz CT molecular complexity index is 3300. The molecule has 0 saturated carbocycles. The highest BCUT2D eigenvalue weighted by atomic mass is 14.8. The number of pyridine rings is 5. The Labute approximate surface area is 310 Å². The monoisotopic (exact) mass is 687 g/mol. The van der Waals surface area contributed by atoms with E-state index in [1.807, 2.05) is 36.7 Å². The molecule has 54 heavy (non-hydrogen) atoms. The van der Waals surface area contributed by atoms with Gasteiger partial charge in [0.2, 0.25) is 0 Å². The summed E-state index contributed by atoms with van der Waals surface area (Å²) in [7, 11) is 0. The van der Waals surface area contributed by atoms with E-state index in [0.717, 1.165) is 110 Å². The van der Waals surface area contributed by atoms with Crippen LogP contribution in [-0.4, -0.2) is 24.9 Å². The number of fused-ring (bicyclic) bond motifs is 7. The van der Waals surface area contributed by atoms with Crippen LogP contribution in [-0.2, 0) is 0 Å². The summed E-state index contributed by atoms with van der Waals surface area (Å²) in [5.41, 5.74) is 13.0. The molecular weight excluding hydrogens is 659 g/mol. The van der Waals surface area contributed by atoms with Crippen LogP contribution in [0.5, 0.6) is 0 Å². The Morgan fingerprint density at radius 1 is 0.315 bits per heavy atom. The van der Waals surface area contributed by atoms with E-state index in [9.17, 15) is 0 Å². The summed E-state index contributed by atoms with van der Waals surface area (Å²) in [6.07, 6.45) is 3.74. The number of benzene rings is 6. The van der Waals surface area contributed by atoms with E-state index in [1.165, 1.54) is 0 Å². The fourth-order valence-electron chi connectivity index (χ4n) is 7.75. The molecule has 0 N–H and O–H groups in total. The molecule has 0 unspecified atom stereocenters. The number of para-hydroxylation sites is 1. The summed E-state index contributed by atoms with van der Waals surface area (Å²) in [6.45, 7) is 0. The van der Waals surface area contributed by atoms with Crippen LogP contribution in [0.2, 0.25) is 0 Å². The lowest BCUT2D eigenvalue weighted by atomic mass is 9.95. The minimum Gasteiger partial charge on any atom is -0.256 e. The van der Waals surface area contributed by atoms with Crippen LogP contribution in [0.15, 0.2) is 176 Å². The normalized spacial score (nSPS) is 11.7. The minimum atomic E-state index is 0.915. The van der Waals surface area contributed by atoms with Crippen molar-refractivity contribution in [2.45, 2.75) is 0 Å². The second-order valence-corrected chi connectivity index (χ2v) is 13.7. The second kappa shape index (κ2) is 12.1. The van der Waals surface area contributed by atoms with Gasteiger partial charge in [0.15, 0.2) is 0 Å². The highest BCUT2D eigenvalue weighted by Gasteiger charge is 2.14. The first kappa shape index (κ1) is 30.3. The van der Waals surface area contributed by atoms with Crippen molar-refractivity contribution in [3.05, 3.63) is 176 Å². The molecule has 250 valence electrons. The number of hydrogen-bond donors (Lipinski definition) is 0. The molecule has 5 nitrogen and oxygen atoms in total. The zero-order valence-electron chi connectivity index (χ0n) is 29.0. The van der Waals surface area contributed by atoms with Crippen LogP contribution in [0, 0.1) is 0 Å². The molecule has 0 saturated heterocycles. The molecule has 0 aliphatic rings. The van der Waals surface area contributed by atoms with E-state index in [1.54, 1.807) is 0 Å². The molecule has 5 heterocycles. The van der Waals surface area contributed by atoms with Gasteiger partial charge in [-0.1, -0.05) is 103 Å². The first-order valence-corrected chi connectivity index (χ1v) is 18.1. The summed E-state index contributed by atoms with van der Waals surface area (Å²) >= 11 is 0. The Morgan fingerprint density at radius 2 is 0.852 bits per heavy atom. The Morgan fingerprint density at radius 3 is 1.59 bits per heavy atom. The first-order valence-electron chi connectivity index (χ1n) is 18.1. The van der Waals surface area contributed by atoms with Gasteiger partial charge < -0.3 is 0 Å². The largest absolute Gasteiger partial charge is 0.256 e. The molecule has 0 radical (unpaired) electrons. The van der Waals surface area contributed by atoms with E-state index in [4.69, 9.17) is 15.0 Å². The molecule has 0 aliphatic carbocycles. The summed E-state index contributed by atoms with van der Waals surface area (Å²) in [4.78, 5) is 24.6. The van der Waals surface area contributed by atoms with E-state index < -0.39 is 0 Å². The summed E-state index contributed by atoms with van der Waals surface area (Å²) < 4.78 is 0. The molecule has 0 spiro atoms. The zero-order valence-corrected chi connectivity index (χ0v) is 29.0. The molecule has 0 fully saturated rings. The van der Waals surface area contributed by atoms with Crippen molar-refractivity contribution in [3.63, 3.8) is 0 Å². The summed E-state index contributed by atoms with van der Waals surface area (Å²) in [5, 5.41) is 7.74. The maximum absolute atomic E-state index is 5.18. The van der Waals surface area contributed by atoms with Gasteiger partial charge in [0.05, 0.1) is 44.7 Å². The third kappa shape index (κ3) is 5.06. The van der Waals surface area contributed by atoms with Gasteiger partial charge in [-0.25, -0.2) is 15.0 Å². The lowest BCUT2D eigenvalue weighted by Crippen LogP contribution is -1.92. The third-order valence-electron chi connectivity index (χ3n) is 10.5. The summed E-state index contributed by atoms with van der Waals surface area (Å²) in [6, 6.07) is 57.3. The van der Waals surface area contributed by atoms with Gasteiger partial charge in [0.1, 0.15) is 0 Å². The molecular formula is C49H29N5. The maximum atomic E-state index is 5.18. The highest BCUT2D eigenvalue weighted by molar-refractivity contribution is 6.07. The fourth-order valence-corrected chi connectivity index (χ4v) is 7.75. The molecule has 0 amide bonds. The predicted molar refractivity (Wildman–Crippen MR) is 222 cm³/mol. The van der Waals surface area contributed by atoms with Gasteiger partial charge in [0, 0.05) is 56.0 Å². The van der Waals surface area contributed by atoms with Crippen LogP contribution >= 0.6 is 0 Å². The van der Waals surface area contributed by atoms with Gasteiger partial charge in [-0.2, -0.15) is 0 Å². The number of nitrogens with zero attached hydrogens (tertiary/aromatic N) is 5. The third-order valence-corrected chi connectivity index (χ3v) is 10.5. The number of aromatic nitrogens is 5. The molecule has 0 atom stereocenters. The van der Waals surface area contributed by atoms with Gasteiger partial charge >= 0.3 is 0 Å². The zero-order chi connectivity index (χ0) is 35.6. The number of hydrogen-bond acceptors (Lipinski definition) is 5. The van der Waals surface area contributed by atoms with Gasteiger partial charge in [-0.05, 0) is 82.6 Å². The van der Waals surface area contributed by atoms with Crippen molar-refractivity contribution in [2.75, 3.05) is 0 Å². The van der Waals surface area contributed by atoms with Crippen LogP contribution in [0.1, 0.15) is 0 Å². The van der Waals surface area contributed by atoms with Crippen molar-refractivity contribution in [3.8, 4) is 44.9 Å². The Balaban J connectivity index is 0.925. The molecule has 5 aromatic heterocycles. The minimum absolute atomic E-state index is 0.915. The van der Waals surface area contributed by atoms with Crippen molar-refractivity contribution in [2.24, 2.45) is 0 Å². The SMILES string of the molecule is c1ccc2ncc(-c3ccc4cc(-c5ccc6nc(-c7ccc(-c8ccc9ccc%10cccnc%10c9n8)c8ccccc78)ccc6c5)ccc4n3)cc2c1. The summed E-state index contributed by atoms with van der Waals surface area (Å²) in [5.74, 6) is 0. The van der Waals surface area contributed by atoms with E-state index in [-0.39, 0.29) is 0 Å². The quantitative estimate of drug-likeness (QED) is 0.172. The lowest BCUT2D eigenvalue weighted by molar-refractivity contribution is 1.35. The topological polar surface area (TPSA) is 64.5 Å². The predicted octanol–water partition coefficient (Wildman–Crippen LogP) is 12.2. The molecule has 11 rings (SSSR count). The van der Waals surface area contributed by atoms with Crippen LogP contribution < -0.4 is 0 Å². The van der Waals surface area contributed by atoms with Crippen molar-refractivity contribution in [1.29, 1.82) is 0 Å². The van der Waals surface area contributed by atoms with E-state index in [2.05, 4.69) is 149 Å². The average Bonchev–Trinajstić information content (AvgIpc) is 3.25. The molecule has 0 aliphatic heterocycles. The molecule has 0 bridgehead atoms. The molecule has 5 heteroatoms. The number of rotatable bonds is 4. The molecule has 11 aromatic rings. The highest BCUT2D eigenvalue weighted by Crippen LogP contribution is 2.37.